The van der Waals surface area contributed by atoms with E-state index in [1.54, 1.807) is 34.9 Å². The van der Waals surface area contributed by atoms with Gasteiger partial charge in [0.25, 0.3) is 5.91 Å². The highest BCUT2D eigenvalue weighted by atomic mass is 32.2. The SMILES string of the molecule is CCCOc1cccc(OCCC)c1C(=O)NC1C(=O)N2C(c3nnn[nH]3)C(C)(C)S[C@@H]12. The molecule has 3 atom stereocenters. The molecule has 2 N–H and O–H groups in total. The first-order valence-electron chi connectivity index (χ1n) is 10.8. The molecule has 1 aromatic carbocycles. The number of β-lactam (4-membered cyclic amide) rings is 1. The lowest BCUT2D eigenvalue weighted by atomic mass is 9.95. The monoisotopic (exact) mass is 460 g/mol. The topological polar surface area (TPSA) is 122 Å². The Balaban J connectivity index is 1.56. The molecule has 2 aliphatic heterocycles. The predicted octanol–water partition coefficient (Wildman–Crippen LogP) is 2.31. The van der Waals surface area contributed by atoms with Crippen molar-refractivity contribution in [2.45, 2.75) is 62.7 Å². The van der Waals surface area contributed by atoms with E-state index in [4.69, 9.17) is 9.47 Å². The summed E-state index contributed by atoms with van der Waals surface area (Å²) in [7, 11) is 0. The highest BCUT2D eigenvalue weighted by Gasteiger charge is 2.63. The molecule has 2 amide bonds. The summed E-state index contributed by atoms with van der Waals surface area (Å²) < 4.78 is 11.3. The van der Waals surface area contributed by atoms with Crippen molar-refractivity contribution in [2.75, 3.05) is 13.2 Å². The number of fused-ring (bicyclic) bond motifs is 1. The van der Waals surface area contributed by atoms with Gasteiger partial charge in [-0.2, -0.15) is 0 Å². The highest BCUT2D eigenvalue weighted by Crippen LogP contribution is 2.56. The summed E-state index contributed by atoms with van der Waals surface area (Å²) in [5.41, 5.74) is 0.318. The van der Waals surface area contributed by atoms with Crippen LogP contribution in [0, 0.1) is 0 Å². The van der Waals surface area contributed by atoms with Crippen LogP contribution in [0.2, 0.25) is 0 Å². The molecule has 3 heterocycles. The third-order valence-corrected chi connectivity index (χ3v) is 7.06. The van der Waals surface area contributed by atoms with Crippen LogP contribution in [0.1, 0.15) is 62.8 Å². The van der Waals surface area contributed by atoms with E-state index in [9.17, 15) is 9.59 Å². The first-order valence-corrected chi connectivity index (χ1v) is 11.7. The van der Waals surface area contributed by atoms with Gasteiger partial charge in [0.05, 0.1) is 13.2 Å². The lowest BCUT2D eigenvalue weighted by molar-refractivity contribution is -0.148. The fourth-order valence-corrected chi connectivity index (χ4v) is 5.72. The Hall–Kier alpha value is -2.82. The van der Waals surface area contributed by atoms with Crippen molar-refractivity contribution in [2.24, 2.45) is 0 Å². The van der Waals surface area contributed by atoms with E-state index < -0.39 is 6.04 Å². The average Bonchev–Trinajstić information content (AvgIpc) is 3.38. The maximum absolute atomic E-state index is 13.3. The molecule has 11 heteroatoms. The van der Waals surface area contributed by atoms with E-state index in [0.717, 1.165) is 12.8 Å². The first-order chi connectivity index (χ1) is 15.4. The number of carbonyl (C=O) groups excluding carboxylic acids is 2. The zero-order chi connectivity index (χ0) is 22.9. The van der Waals surface area contributed by atoms with Crippen LogP contribution >= 0.6 is 11.8 Å². The minimum atomic E-state index is -0.647. The van der Waals surface area contributed by atoms with E-state index in [0.29, 0.717) is 36.1 Å². The number of thioether (sulfide) groups is 1. The van der Waals surface area contributed by atoms with Gasteiger partial charge >= 0.3 is 0 Å². The molecule has 0 aliphatic carbocycles. The Morgan fingerprint density at radius 2 is 1.88 bits per heavy atom. The molecule has 2 fully saturated rings. The van der Waals surface area contributed by atoms with Gasteiger partial charge in [0.15, 0.2) is 5.82 Å². The lowest BCUT2D eigenvalue weighted by Crippen LogP contribution is -2.67. The largest absolute Gasteiger partial charge is 0.493 e. The number of amides is 2. The summed E-state index contributed by atoms with van der Waals surface area (Å²) in [6.45, 7) is 9.04. The number of nitrogens with zero attached hydrogens (tertiary/aromatic N) is 4. The van der Waals surface area contributed by atoms with E-state index in [1.165, 1.54) is 0 Å². The van der Waals surface area contributed by atoms with Crippen molar-refractivity contribution in [3.63, 3.8) is 0 Å². The maximum Gasteiger partial charge on any atom is 0.259 e. The summed E-state index contributed by atoms with van der Waals surface area (Å²) in [5.74, 6) is 0.893. The molecular formula is C21H28N6O4S. The molecule has 2 aliphatic rings. The van der Waals surface area contributed by atoms with Gasteiger partial charge in [0, 0.05) is 4.75 Å². The molecule has 0 spiro atoms. The molecule has 2 unspecified atom stereocenters. The van der Waals surface area contributed by atoms with Gasteiger partial charge in [-0.15, -0.1) is 16.9 Å². The summed E-state index contributed by atoms with van der Waals surface area (Å²) in [5, 5.41) is 16.8. The van der Waals surface area contributed by atoms with Crippen molar-refractivity contribution in [1.82, 2.24) is 30.8 Å². The van der Waals surface area contributed by atoms with Crippen LogP contribution in [0.4, 0.5) is 0 Å². The number of benzene rings is 1. The number of ether oxygens (including phenoxy) is 2. The van der Waals surface area contributed by atoms with Gasteiger partial charge in [-0.05, 0) is 49.2 Å². The number of aromatic nitrogens is 4. The third kappa shape index (κ3) is 3.89. The number of hydrogen-bond donors (Lipinski definition) is 2. The highest BCUT2D eigenvalue weighted by molar-refractivity contribution is 8.01. The second kappa shape index (κ2) is 8.97. The Morgan fingerprint density at radius 3 is 2.44 bits per heavy atom. The quantitative estimate of drug-likeness (QED) is 0.547. The van der Waals surface area contributed by atoms with Gasteiger partial charge < -0.3 is 19.7 Å². The maximum atomic E-state index is 13.3. The van der Waals surface area contributed by atoms with Gasteiger partial charge in [-0.3, -0.25) is 9.59 Å². The van der Waals surface area contributed by atoms with E-state index in [2.05, 4.69) is 25.9 Å². The molecule has 0 bridgehead atoms. The van der Waals surface area contributed by atoms with Crippen LogP contribution in [0.5, 0.6) is 11.5 Å². The zero-order valence-corrected chi connectivity index (χ0v) is 19.4. The van der Waals surface area contributed by atoms with Crippen LogP contribution < -0.4 is 14.8 Å². The summed E-state index contributed by atoms with van der Waals surface area (Å²) in [6, 6.07) is 4.36. The van der Waals surface area contributed by atoms with Crippen LogP contribution in [0.15, 0.2) is 18.2 Å². The third-order valence-electron chi connectivity index (χ3n) is 5.49. The fourth-order valence-electron chi connectivity index (χ4n) is 4.09. The van der Waals surface area contributed by atoms with Gasteiger partial charge in [0.1, 0.15) is 34.5 Å². The number of nitrogens with one attached hydrogen (secondary N) is 2. The number of aromatic amines is 1. The molecule has 2 aromatic rings. The number of carbonyl (C=O) groups is 2. The van der Waals surface area contributed by atoms with Gasteiger partial charge in [-0.1, -0.05) is 19.9 Å². The van der Waals surface area contributed by atoms with Gasteiger partial charge in [0.2, 0.25) is 5.91 Å². The molecule has 4 rings (SSSR count). The van der Waals surface area contributed by atoms with Crippen molar-refractivity contribution >= 4 is 23.6 Å². The molecule has 1 aromatic heterocycles. The summed E-state index contributed by atoms with van der Waals surface area (Å²) >= 11 is 1.62. The Kier molecular flexibility index (Phi) is 6.27. The second-order valence-electron chi connectivity index (χ2n) is 8.32. The van der Waals surface area contributed by atoms with Crippen LogP contribution in [-0.2, 0) is 4.79 Å². The van der Waals surface area contributed by atoms with Crippen LogP contribution in [0.3, 0.4) is 0 Å². The number of rotatable bonds is 9. The van der Waals surface area contributed by atoms with E-state index in [-0.39, 0.29) is 28.0 Å². The molecule has 10 nitrogen and oxygen atoms in total. The minimum Gasteiger partial charge on any atom is -0.493 e. The molecule has 0 radical (unpaired) electrons. The standard InChI is InChI=1S/C21H28N6O4S/c1-5-10-30-12-8-7-9-13(31-11-6-2)14(12)18(28)22-15-19(29)27-16(17-23-25-26-24-17)21(3,4)32-20(15)27/h7-9,15-16,20H,5-6,10-11H2,1-4H3,(H,22,28)(H,23,24,25,26)/t15?,16?,20-/m0/s1. The molecule has 2 saturated heterocycles. The van der Waals surface area contributed by atoms with Gasteiger partial charge in [-0.25, -0.2) is 5.10 Å². The second-order valence-corrected chi connectivity index (χ2v) is 10.1. The zero-order valence-electron chi connectivity index (χ0n) is 18.6. The van der Waals surface area contributed by atoms with Crippen molar-refractivity contribution in [3.8, 4) is 11.5 Å². The van der Waals surface area contributed by atoms with E-state index in [1.807, 2.05) is 27.7 Å². The lowest BCUT2D eigenvalue weighted by Gasteiger charge is -2.44. The van der Waals surface area contributed by atoms with Crippen molar-refractivity contribution < 1.29 is 19.1 Å². The molecular weight excluding hydrogens is 432 g/mol. The predicted molar refractivity (Wildman–Crippen MR) is 118 cm³/mol. The number of H-pyrrole nitrogens is 1. The molecule has 172 valence electrons. The number of tetrazole rings is 1. The first kappa shape index (κ1) is 22.4. The fraction of sp³-hybridized carbons (Fsp3) is 0.571. The van der Waals surface area contributed by atoms with Crippen molar-refractivity contribution in [1.29, 1.82) is 0 Å². The Morgan fingerprint density at radius 1 is 1.22 bits per heavy atom. The molecule has 0 saturated carbocycles. The van der Waals surface area contributed by atoms with E-state index >= 15 is 0 Å². The minimum absolute atomic E-state index is 0.161. The van der Waals surface area contributed by atoms with Crippen molar-refractivity contribution in [3.05, 3.63) is 29.6 Å². The average molecular weight is 461 g/mol. The Bertz CT molecular complexity index is 956. The number of hydrogen-bond acceptors (Lipinski definition) is 8. The summed E-state index contributed by atoms with van der Waals surface area (Å²) in [6.07, 6.45) is 1.62. The van der Waals surface area contributed by atoms with Crippen LogP contribution in [-0.4, -0.2) is 66.7 Å². The van der Waals surface area contributed by atoms with Crippen LogP contribution in [0.25, 0.3) is 0 Å². The normalized spacial score (nSPS) is 23.4. The smallest absolute Gasteiger partial charge is 0.259 e. The Labute approximate surface area is 190 Å². The summed E-state index contributed by atoms with van der Waals surface area (Å²) in [4.78, 5) is 28.1. The molecule has 32 heavy (non-hydrogen) atoms.